The molecular formula is C14H13BrF8N2O. The third-order valence-corrected chi connectivity index (χ3v) is 4.56. The first kappa shape index (κ1) is 21.0. The third-order valence-electron chi connectivity index (χ3n) is 4.02. The highest BCUT2D eigenvalue weighted by atomic mass is 79.9. The number of rotatable bonds is 3. The van der Waals surface area contributed by atoms with Crippen LogP contribution in [0.4, 0.5) is 40.9 Å². The van der Waals surface area contributed by atoms with Crippen molar-refractivity contribution >= 4 is 21.7 Å². The Hall–Kier alpha value is -1.33. The molecule has 0 aromatic carbocycles. The summed E-state index contributed by atoms with van der Waals surface area (Å²) in [7, 11) is 0.693. The van der Waals surface area contributed by atoms with Crippen LogP contribution in [0.5, 0.6) is 5.75 Å². The minimum atomic E-state index is -6.47. The number of aromatic nitrogens is 1. The number of ether oxygens (including phenoxy) is 1. The number of piperidine rings is 1. The monoisotopic (exact) mass is 456 g/mol. The van der Waals surface area contributed by atoms with E-state index in [0.29, 0.717) is 20.0 Å². The van der Waals surface area contributed by atoms with E-state index >= 15 is 0 Å². The fourth-order valence-corrected chi connectivity index (χ4v) is 3.29. The molecule has 2 rings (SSSR count). The van der Waals surface area contributed by atoms with Crippen LogP contribution in [-0.2, 0) is 5.67 Å². The highest BCUT2D eigenvalue weighted by molar-refractivity contribution is 9.10. The van der Waals surface area contributed by atoms with E-state index in [1.807, 2.05) is 0 Å². The number of pyridine rings is 1. The fourth-order valence-electron chi connectivity index (χ4n) is 2.76. The second-order valence-electron chi connectivity index (χ2n) is 5.65. The first-order valence-electron chi connectivity index (χ1n) is 7.37. The Balaban J connectivity index is 2.82. The van der Waals surface area contributed by atoms with Gasteiger partial charge in [0.05, 0.1) is 12.7 Å². The number of nitrogens with zero attached hydrogens (tertiary/aromatic N) is 2. The van der Waals surface area contributed by atoms with Gasteiger partial charge in [0.15, 0.2) is 22.0 Å². The molecule has 0 bridgehead atoms. The SMILES string of the molecule is COc1c(Br)nc(N2CCCCC2)c(F)c1C(F)(C(F)(F)F)C(F)(F)F. The zero-order chi connectivity index (χ0) is 19.9. The molecular weight excluding hydrogens is 444 g/mol. The van der Waals surface area contributed by atoms with Gasteiger partial charge in [0.2, 0.25) is 0 Å². The fraction of sp³-hybridized carbons (Fsp3) is 0.643. The van der Waals surface area contributed by atoms with Crippen LogP contribution >= 0.6 is 15.9 Å². The number of hydrogen-bond acceptors (Lipinski definition) is 3. The summed E-state index contributed by atoms with van der Waals surface area (Å²) in [5.74, 6) is -4.15. The zero-order valence-electron chi connectivity index (χ0n) is 13.2. The maximum atomic E-state index is 14.8. The minimum absolute atomic E-state index is 0.166. The van der Waals surface area contributed by atoms with Crippen LogP contribution in [0, 0.1) is 5.82 Å². The Kier molecular flexibility index (Phi) is 5.65. The van der Waals surface area contributed by atoms with Gasteiger partial charge in [-0.1, -0.05) is 0 Å². The number of anilines is 1. The Labute approximate surface area is 151 Å². The Morgan fingerprint density at radius 2 is 1.46 bits per heavy atom. The van der Waals surface area contributed by atoms with Crippen LogP contribution in [0.2, 0.25) is 0 Å². The molecule has 148 valence electrons. The van der Waals surface area contributed by atoms with Crippen LogP contribution in [0.1, 0.15) is 24.8 Å². The van der Waals surface area contributed by atoms with Crippen molar-refractivity contribution in [2.45, 2.75) is 37.3 Å². The van der Waals surface area contributed by atoms with Gasteiger partial charge in [0, 0.05) is 13.1 Å². The molecule has 0 spiro atoms. The Morgan fingerprint density at radius 3 is 1.88 bits per heavy atom. The van der Waals surface area contributed by atoms with Gasteiger partial charge in [0.25, 0.3) is 0 Å². The van der Waals surface area contributed by atoms with Gasteiger partial charge in [-0.3, -0.25) is 0 Å². The standard InChI is InChI=1S/C14H13BrF8N2O/c1-26-9-7(12(17,13(18,19)20)14(21,22)23)8(16)11(24-10(9)15)25-5-3-2-4-6-25/h2-6H2,1H3. The molecule has 1 aliphatic heterocycles. The summed E-state index contributed by atoms with van der Waals surface area (Å²) in [6.45, 7) is 0.332. The topological polar surface area (TPSA) is 25.4 Å². The van der Waals surface area contributed by atoms with Crippen LogP contribution in [0.15, 0.2) is 4.60 Å². The zero-order valence-corrected chi connectivity index (χ0v) is 14.8. The largest absolute Gasteiger partial charge is 0.493 e. The summed E-state index contributed by atoms with van der Waals surface area (Å²) in [5.41, 5.74) is -8.26. The average molecular weight is 457 g/mol. The first-order chi connectivity index (χ1) is 11.9. The Morgan fingerprint density at radius 1 is 0.962 bits per heavy atom. The molecule has 3 nitrogen and oxygen atoms in total. The highest BCUT2D eigenvalue weighted by Crippen LogP contribution is 2.57. The summed E-state index contributed by atoms with van der Waals surface area (Å²) in [5, 5.41) is 0. The molecule has 26 heavy (non-hydrogen) atoms. The van der Waals surface area contributed by atoms with E-state index in [4.69, 9.17) is 0 Å². The van der Waals surface area contributed by atoms with E-state index in [9.17, 15) is 35.1 Å². The molecule has 0 atom stereocenters. The van der Waals surface area contributed by atoms with Gasteiger partial charge in [-0.25, -0.2) is 13.8 Å². The van der Waals surface area contributed by atoms with Crippen molar-refractivity contribution in [1.29, 1.82) is 0 Å². The molecule has 1 aliphatic rings. The van der Waals surface area contributed by atoms with Crippen molar-refractivity contribution in [3.63, 3.8) is 0 Å². The van der Waals surface area contributed by atoms with Crippen molar-refractivity contribution in [3.8, 4) is 5.75 Å². The normalized spacial score (nSPS) is 16.8. The van der Waals surface area contributed by atoms with Crippen LogP contribution in [0.3, 0.4) is 0 Å². The lowest BCUT2D eigenvalue weighted by atomic mass is 9.93. The smallest absolute Gasteiger partial charge is 0.436 e. The second-order valence-corrected chi connectivity index (χ2v) is 6.40. The van der Waals surface area contributed by atoms with Gasteiger partial charge in [-0.05, 0) is 35.2 Å². The van der Waals surface area contributed by atoms with Crippen molar-refractivity contribution < 1.29 is 39.9 Å². The van der Waals surface area contributed by atoms with Gasteiger partial charge >= 0.3 is 18.0 Å². The number of halogens is 9. The predicted molar refractivity (Wildman–Crippen MR) is 79.4 cm³/mol. The molecule has 0 radical (unpaired) electrons. The quantitative estimate of drug-likeness (QED) is 0.457. The summed E-state index contributed by atoms with van der Waals surface area (Å²) in [6, 6.07) is 0. The second kappa shape index (κ2) is 7.01. The lowest BCUT2D eigenvalue weighted by Gasteiger charge is -2.34. The highest BCUT2D eigenvalue weighted by Gasteiger charge is 2.75. The molecule has 0 N–H and O–H groups in total. The molecule has 1 saturated heterocycles. The van der Waals surface area contributed by atoms with E-state index in [0.717, 1.165) is 6.42 Å². The molecule has 12 heteroatoms. The molecule has 0 unspecified atom stereocenters. The Bertz CT molecular complexity index is 656. The maximum absolute atomic E-state index is 14.8. The lowest BCUT2D eigenvalue weighted by Crippen LogP contribution is -2.51. The molecule has 0 amide bonds. The van der Waals surface area contributed by atoms with Gasteiger partial charge in [0.1, 0.15) is 0 Å². The first-order valence-corrected chi connectivity index (χ1v) is 8.16. The van der Waals surface area contributed by atoms with Gasteiger partial charge in [-0.2, -0.15) is 26.3 Å². The lowest BCUT2D eigenvalue weighted by molar-refractivity contribution is -0.349. The van der Waals surface area contributed by atoms with E-state index in [-0.39, 0.29) is 13.1 Å². The number of methoxy groups -OCH3 is 1. The molecule has 0 saturated carbocycles. The molecule has 1 fully saturated rings. The van der Waals surface area contributed by atoms with Crippen molar-refractivity contribution in [1.82, 2.24) is 4.98 Å². The van der Waals surface area contributed by atoms with E-state index < -0.39 is 45.6 Å². The van der Waals surface area contributed by atoms with E-state index in [1.54, 1.807) is 0 Å². The van der Waals surface area contributed by atoms with E-state index in [2.05, 4.69) is 25.7 Å². The maximum Gasteiger partial charge on any atom is 0.436 e. The number of alkyl halides is 7. The molecule has 2 heterocycles. The summed E-state index contributed by atoms with van der Waals surface area (Å²) in [6.07, 6.45) is -11.1. The van der Waals surface area contributed by atoms with Crippen LogP contribution in [-0.4, -0.2) is 37.5 Å². The number of hydrogen-bond donors (Lipinski definition) is 0. The molecule has 1 aromatic rings. The molecule has 0 aliphatic carbocycles. The van der Waals surface area contributed by atoms with Crippen LogP contribution < -0.4 is 9.64 Å². The van der Waals surface area contributed by atoms with Crippen LogP contribution in [0.25, 0.3) is 0 Å². The summed E-state index contributed by atoms with van der Waals surface area (Å²) < 4.78 is 112. The minimum Gasteiger partial charge on any atom is -0.493 e. The van der Waals surface area contributed by atoms with E-state index in [1.165, 1.54) is 4.90 Å². The predicted octanol–water partition coefficient (Wildman–Crippen LogP) is 5.27. The third kappa shape index (κ3) is 3.31. The average Bonchev–Trinajstić information content (AvgIpc) is 2.54. The van der Waals surface area contributed by atoms with Crippen molar-refractivity contribution in [2.75, 3.05) is 25.1 Å². The van der Waals surface area contributed by atoms with Crippen molar-refractivity contribution in [3.05, 3.63) is 16.0 Å². The van der Waals surface area contributed by atoms with Crippen molar-refractivity contribution in [2.24, 2.45) is 0 Å². The summed E-state index contributed by atoms with van der Waals surface area (Å²) >= 11 is 2.65. The molecule has 1 aromatic heterocycles. The van der Waals surface area contributed by atoms with Gasteiger partial charge < -0.3 is 9.64 Å². The summed E-state index contributed by atoms with van der Waals surface area (Å²) in [4.78, 5) is 4.83. The van der Waals surface area contributed by atoms with Gasteiger partial charge in [-0.15, -0.1) is 0 Å².